The van der Waals surface area contributed by atoms with Gasteiger partial charge in [-0.25, -0.2) is 9.48 Å². The average Bonchev–Trinajstić information content (AvgIpc) is 2.76. The van der Waals surface area contributed by atoms with Crippen molar-refractivity contribution in [3.8, 4) is 0 Å². The van der Waals surface area contributed by atoms with E-state index in [-0.39, 0.29) is 23.8 Å². The van der Waals surface area contributed by atoms with Crippen LogP contribution in [0.5, 0.6) is 0 Å². The summed E-state index contributed by atoms with van der Waals surface area (Å²) in [7, 11) is 1.29. The van der Waals surface area contributed by atoms with E-state index in [0.29, 0.717) is 29.4 Å². The number of aromatic nitrogens is 2. The molecule has 1 N–H and O–H groups in total. The molecule has 0 fully saturated rings. The largest absolute Gasteiger partial charge is 0.467 e. The lowest BCUT2D eigenvalue weighted by Gasteiger charge is -2.17. The van der Waals surface area contributed by atoms with Gasteiger partial charge in [0.15, 0.2) is 0 Å². The highest BCUT2D eigenvalue weighted by atomic mass is 16.5. The van der Waals surface area contributed by atoms with Gasteiger partial charge in [0.1, 0.15) is 6.04 Å². The summed E-state index contributed by atoms with van der Waals surface area (Å²) in [6, 6.07) is 15.7. The summed E-state index contributed by atoms with van der Waals surface area (Å²) in [5, 5.41) is 8.39. The van der Waals surface area contributed by atoms with E-state index >= 15 is 0 Å². The Kier molecular flexibility index (Phi) is 7.18. The third-order valence-electron chi connectivity index (χ3n) is 4.91. The van der Waals surface area contributed by atoms with Gasteiger partial charge in [-0.3, -0.25) is 9.59 Å². The maximum absolute atomic E-state index is 12.8. The molecular formula is C24H27N3O4. The van der Waals surface area contributed by atoms with Gasteiger partial charge in [-0.05, 0) is 17.5 Å². The highest BCUT2D eigenvalue weighted by Gasteiger charge is 2.23. The zero-order valence-electron chi connectivity index (χ0n) is 18.0. The standard InChI is InChI=1S/C24H27N3O4/c1-16(2)15-27-23(29)19-12-8-7-11-18(19)20(26-27)14-22(28)25-21(24(30)31-3)13-17-9-5-4-6-10-17/h4-12,16,21H,13-15H2,1-3H3,(H,25,28)/t21-/m1/s1. The van der Waals surface area contributed by atoms with Crippen molar-refractivity contribution in [2.24, 2.45) is 5.92 Å². The van der Waals surface area contributed by atoms with Gasteiger partial charge in [0.05, 0.1) is 24.6 Å². The van der Waals surface area contributed by atoms with Gasteiger partial charge >= 0.3 is 5.97 Å². The van der Waals surface area contributed by atoms with E-state index in [9.17, 15) is 14.4 Å². The smallest absolute Gasteiger partial charge is 0.328 e. The topological polar surface area (TPSA) is 90.3 Å². The van der Waals surface area contributed by atoms with Crippen LogP contribution in [0.15, 0.2) is 59.4 Å². The van der Waals surface area contributed by atoms with E-state index in [2.05, 4.69) is 10.4 Å². The average molecular weight is 421 g/mol. The molecule has 0 bridgehead atoms. The van der Waals surface area contributed by atoms with Crippen molar-refractivity contribution >= 4 is 22.6 Å². The predicted molar refractivity (Wildman–Crippen MR) is 119 cm³/mol. The number of ether oxygens (including phenoxy) is 1. The minimum atomic E-state index is -0.812. The molecule has 0 saturated carbocycles. The molecule has 7 heteroatoms. The second kappa shape index (κ2) is 10.0. The molecule has 3 aromatic rings. The van der Waals surface area contributed by atoms with Gasteiger partial charge in [0.2, 0.25) is 5.91 Å². The minimum absolute atomic E-state index is 0.0544. The van der Waals surface area contributed by atoms with Crippen LogP contribution in [-0.4, -0.2) is 34.8 Å². The van der Waals surface area contributed by atoms with Gasteiger partial charge in [-0.1, -0.05) is 62.4 Å². The van der Waals surface area contributed by atoms with Crippen LogP contribution in [0.3, 0.4) is 0 Å². The molecule has 31 heavy (non-hydrogen) atoms. The zero-order valence-corrected chi connectivity index (χ0v) is 18.0. The SMILES string of the molecule is COC(=O)[C@@H](Cc1ccccc1)NC(=O)Cc1nn(CC(C)C)c(=O)c2ccccc12. The molecular weight excluding hydrogens is 394 g/mol. The fraction of sp³-hybridized carbons (Fsp3) is 0.333. The number of nitrogens with zero attached hydrogens (tertiary/aromatic N) is 2. The summed E-state index contributed by atoms with van der Waals surface area (Å²) in [4.78, 5) is 37.8. The third-order valence-corrected chi connectivity index (χ3v) is 4.91. The highest BCUT2D eigenvalue weighted by Crippen LogP contribution is 2.15. The molecule has 0 aliphatic carbocycles. The van der Waals surface area contributed by atoms with Gasteiger partial charge < -0.3 is 10.1 Å². The molecule has 3 rings (SSSR count). The molecule has 0 spiro atoms. The van der Waals surface area contributed by atoms with Gasteiger partial charge in [0, 0.05) is 18.4 Å². The number of carbonyl (C=O) groups is 2. The Balaban J connectivity index is 1.86. The predicted octanol–water partition coefficient (Wildman–Crippen LogP) is 2.50. The third kappa shape index (κ3) is 5.57. The number of benzene rings is 2. The first-order chi connectivity index (χ1) is 14.9. The second-order valence-corrected chi connectivity index (χ2v) is 7.88. The van der Waals surface area contributed by atoms with Crippen molar-refractivity contribution in [2.45, 2.75) is 39.3 Å². The number of rotatable bonds is 8. The monoisotopic (exact) mass is 421 g/mol. The number of methoxy groups -OCH3 is 1. The van der Waals surface area contributed by atoms with Crippen molar-refractivity contribution in [1.29, 1.82) is 0 Å². The maximum Gasteiger partial charge on any atom is 0.328 e. The van der Waals surface area contributed by atoms with Crippen molar-refractivity contribution in [3.05, 3.63) is 76.2 Å². The van der Waals surface area contributed by atoms with E-state index in [1.54, 1.807) is 18.2 Å². The lowest BCUT2D eigenvalue weighted by Crippen LogP contribution is -2.44. The fourth-order valence-electron chi connectivity index (χ4n) is 3.49. The number of esters is 1. The first kappa shape index (κ1) is 22.2. The van der Waals surface area contributed by atoms with E-state index < -0.39 is 12.0 Å². The van der Waals surface area contributed by atoms with E-state index in [1.807, 2.05) is 50.2 Å². The molecule has 0 unspecified atom stereocenters. The lowest BCUT2D eigenvalue weighted by atomic mass is 10.1. The van der Waals surface area contributed by atoms with Crippen molar-refractivity contribution in [2.75, 3.05) is 7.11 Å². The van der Waals surface area contributed by atoms with Crippen molar-refractivity contribution in [1.82, 2.24) is 15.1 Å². The summed E-state index contributed by atoms with van der Waals surface area (Å²) >= 11 is 0. The zero-order chi connectivity index (χ0) is 22.4. The number of hydrogen-bond donors (Lipinski definition) is 1. The Bertz CT molecular complexity index is 1120. The molecule has 7 nitrogen and oxygen atoms in total. The van der Waals surface area contributed by atoms with Gasteiger partial charge in [-0.2, -0.15) is 5.10 Å². The number of nitrogens with one attached hydrogen (secondary N) is 1. The van der Waals surface area contributed by atoms with Crippen LogP contribution in [0.25, 0.3) is 10.8 Å². The molecule has 1 heterocycles. The van der Waals surface area contributed by atoms with Gasteiger partial charge in [-0.15, -0.1) is 0 Å². The first-order valence-corrected chi connectivity index (χ1v) is 10.3. The van der Waals surface area contributed by atoms with Crippen LogP contribution < -0.4 is 10.9 Å². The number of fused-ring (bicyclic) bond motifs is 1. The fourth-order valence-corrected chi connectivity index (χ4v) is 3.49. The normalized spacial score (nSPS) is 12.0. The van der Waals surface area contributed by atoms with Crippen LogP contribution in [-0.2, 0) is 33.7 Å². The number of hydrogen-bond acceptors (Lipinski definition) is 5. The molecule has 162 valence electrons. The Morgan fingerprint density at radius 2 is 1.68 bits per heavy atom. The van der Waals surface area contributed by atoms with Crippen molar-refractivity contribution in [3.63, 3.8) is 0 Å². The Labute approximate surface area is 181 Å². The second-order valence-electron chi connectivity index (χ2n) is 7.88. The molecule has 0 aliphatic heterocycles. The summed E-state index contributed by atoms with van der Waals surface area (Å²) in [5.74, 6) is -0.652. The Morgan fingerprint density at radius 1 is 1.03 bits per heavy atom. The van der Waals surface area contributed by atoms with E-state index in [4.69, 9.17) is 4.74 Å². The Morgan fingerprint density at radius 3 is 2.32 bits per heavy atom. The van der Waals surface area contributed by atoms with Crippen LogP contribution in [0.4, 0.5) is 0 Å². The minimum Gasteiger partial charge on any atom is -0.467 e. The number of amides is 1. The first-order valence-electron chi connectivity index (χ1n) is 10.3. The summed E-state index contributed by atoms with van der Waals surface area (Å²) < 4.78 is 6.28. The summed E-state index contributed by atoms with van der Waals surface area (Å²) in [6.07, 6.45) is 0.265. The van der Waals surface area contributed by atoms with Crippen LogP contribution in [0.1, 0.15) is 25.1 Å². The number of carbonyl (C=O) groups excluding carboxylic acids is 2. The summed E-state index contributed by atoms with van der Waals surface area (Å²) in [5.41, 5.74) is 1.23. The van der Waals surface area contributed by atoms with Gasteiger partial charge in [0.25, 0.3) is 5.56 Å². The van der Waals surface area contributed by atoms with E-state index in [0.717, 1.165) is 5.56 Å². The summed E-state index contributed by atoms with van der Waals surface area (Å²) in [6.45, 7) is 4.46. The van der Waals surface area contributed by atoms with Crippen LogP contribution in [0, 0.1) is 5.92 Å². The van der Waals surface area contributed by atoms with Crippen molar-refractivity contribution < 1.29 is 14.3 Å². The molecule has 1 atom stereocenters. The molecule has 0 radical (unpaired) electrons. The highest BCUT2D eigenvalue weighted by molar-refractivity contribution is 5.90. The quantitative estimate of drug-likeness (QED) is 0.565. The molecule has 1 amide bonds. The molecule has 0 aliphatic rings. The van der Waals surface area contributed by atoms with Crippen LogP contribution in [0.2, 0.25) is 0 Å². The molecule has 1 aromatic heterocycles. The lowest BCUT2D eigenvalue weighted by molar-refractivity contribution is -0.145. The van der Waals surface area contributed by atoms with E-state index in [1.165, 1.54) is 11.8 Å². The molecule has 0 saturated heterocycles. The molecule has 2 aromatic carbocycles. The maximum atomic E-state index is 12.8. The van der Waals surface area contributed by atoms with Crippen LogP contribution >= 0.6 is 0 Å². The Hall–Kier alpha value is -3.48.